The van der Waals surface area contributed by atoms with Gasteiger partial charge in [-0.2, -0.15) is 0 Å². The quantitative estimate of drug-likeness (QED) is 0.563. The highest BCUT2D eigenvalue weighted by molar-refractivity contribution is 5.90. The van der Waals surface area contributed by atoms with Crippen LogP contribution in [0, 0.1) is 17.3 Å². The van der Waals surface area contributed by atoms with Gasteiger partial charge in [0.15, 0.2) is 0 Å². The molecule has 2 aliphatic heterocycles. The lowest BCUT2D eigenvalue weighted by Crippen LogP contribution is -2.54. The first-order valence-electron chi connectivity index (χ1n) is 5.99. The van der Waals surface area contributed by atoms with Crippen LogP contribution >= 0.6 is 0 Å². The number of hydrogen-bond acceptors (Lipinski definition) is 2. The van der Waals surface area contributed by atoms with Crippen molar-refractivity contribution in [3.05, 3.63) is 12.2 Å². The van der Waals surface area contributed by atoms with E-state index in [1.165, 1.54) is 6.42 Å². The molecule has 0 aromatic rings. The molecule has 0 radical (unpaired) electrons. The third-order valence-corrected chi connectivity index (χ3v) is 5.12. The van der Waals surface area contributed by atoms with Crippen molar-refractivity contribution in [1.82, 2.24) is 4.90 Å². The Kier molecular flexibility index (Phi) is 1.75. The largest absolute Gasteiger partial charge is 0.299 e. The summed E-state index contributed by atoms with van der Waals surface area (Å²) in [7, 11) is 0. The first-order chi connectivity index (χ1) is 7.03. The average Bonchev–Trinajstić information content (AvgIpc) is 2.43. The highest BCUT2D eigenvalue weighted by atomic mass is 16.1. The third-order valence-electron chi connectivity index (χ3n) is 5.12. The number of nitrogens with zero attached hydrogens (tertiary/aromatic N) is 1. The normalized spacial score (nSPS) is 49.9. The van der Waals surface area contributed by atoms with E-state index in [9.17, 15) is 4.79 Å². The van der Waals surface area contributed by atoms with Crippen molar-refractivity contribution in [2.45, 2.75) is 32.7 Å². The van der Waals surface area contributed by atoms with E-state index in [1.54, 1.807) is 0 Å². The first-order valence-corrected chi connectivity index (χ1v) is 5.99. The van der Waals surface area contributed by atoms with Crippen LogP contribution in [0.1, 0.15) is 26.7 Å². The molecule has 4 atom stereocenters. The van der Waals surface area contributed by atoms with Gasteiger partial charge < -0.3 is 0 Å². The Hall–Kier alpha value is -0.630. The standard InChI is InChI=1S/C13H19NO/c1-8-6-14-7-9(2)13(3)11(14)4-10(8)5-12(13)15/h8,10-11H,2,4-7H2,1,3H3/t8-,10?,11?,13-/m0/s1. The molecule has 1 aliphatic carbocycles. The topological polar surface area (TPSA) is 20.3 Å². The van der Waals surface area contributed by atoms with Gasteiger partial charge in [-0.1, -0.05) is 13.5 Å². The Morgan fingerprint density at radius 2 is 2.27 bits per heavy atom. The monoisotopic (exact) mass is 205 g/mol. The number of ketones is 1. The predicted molar refractivity (Wildman–Crippen MR) is 59.5 cm³/mol. The molecule has 2 bridgehead atoms. The molecule has 0 amide bonds. The van der Waals surface area contributed by atoms with Crippen LogP contribution in [0.2, 0.25) is 0 Å². The van der Waals surface area contributed by atoms with Crippen molar-refractivity contribution >= 4 is 5.78 Å². The van der Waals surface area contributed by atoms with E-state index in [0.717, 1.165) is 25.1 Å². The lowest BCUT2D eigenvalue weighted by Gasteiger charge is -2.48. The van der Waals surface area contributed by atoms with Crippen molar-refractivity contribution in [2.24, 2.45) is 17.3 Å². The molecule has 2 unspecified atom stereocenters. The average molecular weight is 205 g/mol. The molecule has 82 valence electrons. The Morgan fingerprint density at radius 1 is 1.53 bits per heavy atom. The van der Waals surface area contributed by atoms with Crippen LogP contribution in [-0.4, -0.2) is 29.8 Å². The Balaban J connectivity index is 2.06. The van der Waals surface area contributed by atoms with Gasteiger partial charge in [0.05, 0.1) is 5.41 Å². The molecule has 0 spiro atoms. The molecule has 3 rings (SSSR count). The molecular weight excluding hydrogens is 186 g/mol. The fourth-order valence-electron chi connectivity index (χ4n) is 3.85. The Labute approximate surface area is 91.3 Å². The van der Waals surface area contributed by atoms with Gasteiger partial charge in [0.2, 0.25) is 0 Å². The fourth-order valence-corrected chi connectivity index (χ4v) is 3.85. The van der Waals surface area contributed by atoms with Crippen LogP contribution in [0.3, 0.4) is 0 Å². The lowest BCUT2D eigenvalue weighted by molar-refractivity contribution is -0.135. The van der Waals surface area contributed by atoms with E-state index < -0.39 is 0 Å². The van der Waals surface area contributed by atoms with E-state index in [0.29, 0.717) is 23.7 Å². The second-order valence-corrected chi connectivity index (χ2v) is 5.85. The van der Waals surface area contributed by atoms with Crippen molar-refractivity contribution in [3.63, 3.8) is 0 Å². The number of carbonyl (C=O) groups is 1. The molecular formula is C13H19NO. The van der Waals surface area contributed by atoms with Crippen LogP contribution in [0.15, 0.2) is 12.2 Å². The summed E-state index contributed by atoms with van der Waals surface area (Å²) in [6.07, 6.45) is 2.00. The minimum atomic E-state index is -0.212. The van der Waals surface area contributed by atoms with Gasteiger partial charge in [-0.3, -0.25) is 9.69 Å². The van der Waals surface area contributed by atoms with Gasteiger partial charge in [-0.15, -0.1) is 0 Å². The summed E-state index contributed by atoms with van der Waals surface area (Å²) in [6.45, 7) is 10.7. The van der Waals surface area contributed by atoms with Crippen LogP contribution < -0.4 is 0 Å². The van der Waals surface area contributed by atoms with Crippen LogP contribution in [-0.2, 0) is 4.79 Å². The van der Waals surface area contributed by atoms with Crippen molar-refractivity contribution < 1.29 is 4.79 Å². The predicted octanol–water partition coefficient (Wildman–Crippen LogP) is 1.86. The summed E-state index contributed by atoms with van der Waals surface area (Å²) >= 11 is 0. The number of rotatable bonds is 0. The van der Waals surface area contributed by atoms with E-state index in [1.807, 2.05) is 0 Å². The minimum Gasteiger partial charge on any atom is -0.299 e. The second kappa shape index (κ2) is 2.73. The highest BCUT2D eigenvalue weighted by Gasteiger charge is 2.57. The van der Waals surface area contributed by atoms with Crippen LogP contribution in [0.25, 0.3) is 0 Å². The first kappa shape index (κ1) is 9.59. The molecule has 15 heavy (non-hydrogen) atoms. The molecule has 1 saturated carbocycles. The summed E-state index contributed by atoms with van der Waals surface area (Å²) in [5.41, 5.74) is 0.946. The lowest BCUT2D eigenvalue weighted by atomic mass is 9.62. The zero-order valence-electron chi connectivity index (χ0n) is 9.62. The molecule has 2 nitrogen and oxygen atoms in total. The number of fused-ring (bicyclic) bond motifs is 1. The van der Waals surface area contributed by atoms with Gasteiger partial charge >= 0.3 is 0 Å². The molecule has 3 aliphatic rings. The molecule has 3 fully saturated rings. The number of piperidine rings is 1. The van der Waals surface area contributed by atoms with Crippen molar-refractivity contribution in [2.75, 3.05) is 13.1 Å². The number of Topliss-reactive ketones (excluding diaryl/α,β-unsaturated/α-hetero) is 1. The van der Waals surface area contributed by atoms with Crippen LogP contribution in [0.4, 0.5) is 0 Å². The summed E-state index contributed by atoms with van der Waals surface area (Å²) in [6, 6.07) is 0.465. The maximum atomic E-state index is 12.3. The van der Waals surface area contributed by atoms with Gasteiger partial charge in [0, 0.05) is 25.6 Å². The number of carbonyl (C=O) groups excluding carboxylic acids is 1. The smallest absolute Gasteiger partial charge is 0.144 e. The van der Waals surface area contributed by atoms with Gasteiger partial charge in [0.1, 0.15) is 5.78 Å². The summed E-state index contributed by atoms with van der Waals surface area (Å²) < 4.78 is 0. The molecule has 0 N–H and O–H groups in total. The summed E-state index contributed by atoms with van der Waals surface area (Å²) in [5, 5.41) is 0. The molecule has 2 saturated heterocycles. The maximum absolute atomic E-state index is 12.3. The number of hydrogen-bond donors (Lipinski definition) is 0. The summed E-state index contributed by atoms with van der Waals surface area (Å²) in [4.78, 5) is 14.7. The zero-order chi connectivity index (χ0) is 10.8. The highest BCUT2D eigenvalue weighted by Crippen LogP contribution is 2.52. The van der Waals surface area contributed by atoms with Crippen molar-refractivity contribution in [3.8, 4) is 0 Å². The Morgan fingerprint density at radius 3 is 3.00 bits per heavy atom. The maximum Gasteiger partial charge on any atom is 0.144 e. The second-order valence-electron chi connectivity index (χ2n) is 5.85. The van der Waals surface area contributed by atoms with E-state index in [4.69, 9.17) is 0 Å². The van der Waals surface area contributed by atoms with E-state index in [-0.39, 0.29) is 5.41 Å². The SMILES string of the molecule is C=C1CN2C[C@H](C)C3CC(=O)[C@]1(C)C2C3. The van der Waals surface area contributed by atoms with Crippen molar-refractivity contribution in [1.29, 1.82) is 0 Å². The molecule has 0 aromatic heterocycles. The van der Waals surface area contributed by atoms with Gasteiger partial charge in [-0.25, -0.2) is 0 Å². The molecule has 0 aromatic carbocycles. The van der Waals surface area contributed by atoms with E-state index >= 15 is 0 Å². The minimum absolute atomic E-state index is 0.212. The summed E-state index contributed by atoms with van der Waals surface area (Å²) in [5.74, 6) is 1.76. The zero-order valence-corrected chi connectivity index (χ0v) is 9.62. The molecule has 2 heteroatoms. The fraction of sp³-hybridized carbons (Fsp3) is 0.769. The third kappa shape index (κ3) is 1.01. The van der Waals surface area contributed by atoms with E-state index in [2.05, 4.69) is 25.3 Å². The van der Waals surface area contributed by atoms with Crippen LogP contribution in [0.5, 0.6) is 0 Å². The van der Waals surface area contributed by atoms with Gasteiger partial charge in [-0.05, 0) is 30.8 Å². The molecule has 2 heterocycles. The van der Waals surface area contributed by atoms with Gasteiger partial charge in [0.25, 0.3) is 0 Å². The Bertz CT molecular complexity index is 348.